The minimum atomic E-state index is -2.36. The molecular weight excluding hydrogens is 626 g/mol. The lowest BCUT2D eigenvalue weighted by atomic mass is 10.1. The van der Waals surface area contributed by atoms with Crippen molar-refractivity contribution >= 4 is 41.3 Å². The summed E-state index contributed by atoms with van der Waals surface area (Å²) in [5.74, 6) is -6.16. The predicted octanol–water partition coefficient (Wildman–Crippen LogP) is 3.25. The third-order valence-corrected chi connectivity index (χ3v) is 6.60. The van der Waals surface area contributed by atoms with Crippen molar-refractivity contribution in [2.45, 2.75) is 12.2 Å². The van der Waals surface area contributed by atoms with Gasteiger partial charge in [0.1, 0.15) is 11.5 Å². The summed E-state index contributed by atoms with van der Waals surface area (Å²) in [7, 11) is 2.71. The van der Waals surface area contributed by atoms with Gasteiger partial charge in [-0.3, -0.25) is 25.2 Å². The van der Waals surface area contributed by atoms with Crippen LogP contribution in [-0.2, 0) is 19.1 Å². The largest absolute Gasteiger partial charge is 0.497 e. The summed E-state index contributed by atoms with van der Waals surface area (Å²) in [6.45, 7) is 0. The number of nitrogens with one attached hydrogen (secondary N) is 3. The zero-order chi connectivity index (χ0) is 34.6. The van der Waals surface area contributed by atoms with Crippen LogP contribution < -0.4 is 25.6 Å². The smallest absolute Gasteiger partial charge is 0.349 e. The number of aliphatic carboxylic acids is 1. The lowest BCUT2D eigenvalue weighted by Crippen LogP contribution is -2.54. The molecule has 0 heterocycles. The second kappa shape index (κ2) is 16.0. The average molecular weight is 656 g/mol. The number of hydrogen-bond donors (Lipinski definition) is 4. The quantitative estimate of drug-likeness (QED) is 0.129. The molecule has 0 radical (unpaired) electrons. The Labute approximate surface area is 273 Å². The number of hydrogen-bond acceptors (Lipinski definition) is 10. The molecule has 3 amide bonds. The predicted molar refractivity (Wildman–Crippen MR) is 168 cm³/mol. The lowest BCUT2D eigenvalue weighted by molar-refractivity contribution is -0.159. The monoisotopic (exact) mass is 655 g/mol. The van der Waals surface area contributed by atoms with E-state index in [4.69, 9.17) is 18.9 Å². The van der Waals surface area contributed by atoms with Crippen molar-refractivity contribution < 1.29 is 52.8 Å². The topological polar surface area (TPSA) is 196 Å². The maximum absolute atomic E-state index is 13.3. The van der Waals surface area contributed by atoms with Crippen LogP contribution in [0, 0.1) is 0 Å². The van der Waals surface area contributed by atoms with E-state index in [0.717, 1.165) is 0 Å². The normalized spacial score (nSPS) is 11.5. The molecule has 0 aliphatic heterocycles. The highest BCUT2D eigenvalue weighted by atomic mass is 16.6. The van der Waals surface area contributed by atoms with Crippen LogP contribution in [0.1, 0.15) is 41.4 Å². The summed E-state index contributed by atoms with van der Waals surface area (Å²) >= 11 is 0. The zero-order valence-electron chi connectivity index (χ0n) is 25.5. The SMILES string of the molecule is COc1cccc(C(=O)O[C@H](C(=O)NNC(=O)c2ccc(NC(=O)c3ccccc3)cc2)[C@@H](OC(=O)c2cccc(OC)c2)C(=O)O)c1. The first-order valence-electron chi connectivity index (χ1n) is 14.1. The summed E-state index contributed by atoms with van der Waals surface area (Å²) in [6, 6.07) is 25.3. The standard InChI is InChI=1S/C34H29N3O11/c1-45-25-12-6-10-22(18-25)33(43)47-27(28(32(41)42)48-34(44)23-11-7-13-26(19-23)46-2)31(40)37-36-30(39)21-14-16-24(17-15-21)35-29(38)20-8-4-3-5-9-20/h3-19,27-28H,1-2H3,(H,35,38)(H,36,39)(H,37,40)(H,41,42)/t27-,28+/m0/s1. The van der Waals surface area contributed by atoms with E-state index >= 15 is 0 Å². The molecule has 0 saturated carbocycles. The third-order valence-electron chi connectivity index (χ3n) is 6.60. The van der Waals surface area contributed by atoms with E-state index in [-0.39, 0.29) is 34.1 Å². The Kier molecular flexibility index (Phi) is 11.4. The van der Waals surface area contributed by atoms with Crippen molar-refractivity contribution in [2.24, 2.45) is 0 Å². The van der Waals surface area contributed by atoms with Crippen LogP contribution in [0.4, 0.5) is 5.69 Å². The zero-order valence-corrected chi connectivity index (χ0v) is 25.5. The van der Waals surface area contributed by atoms with Crippen molar-refractivity contribution in [1.29, 1.82) is 0 Å². The van der Waals surface area contributed by atoms with Crippen molar-refractivity contribution in [3.05, 3.63) is 125 Å². The Hall–Kier alpha value is -6.70. The van der Waals surface area contributed by atoms with Gasteiger partial charge in [-0.15, -0.1) is 0 Å². The molecule has 0 fully saturated rings. The molecule has 0 aliphatic carbocycles. The maximum Gasteiger partial charge on any atom is 0.349 e. The van der Waals surface area contributed by atoms with Crippen molar-refractivity contribution in [3.63, 3.8) is 0 Å². The Balaban J connectivity index is 1.50. The number of carbonyl (C=O) groups excluding carboxylic acids is 5. The van der Waals surface area contributed by atoms with Crippen molar-refractivity contribution in [2.75, 3.05) is 19.5 Å². The van der Waals surface area contributed by atoms with E-state index in [1.54, 1.807) is 30.3 Å². The summed E-state index contributed by atoms with van der Waals surface area (Å²) in [4.78, 5) is 76.7. The molecular formula is C34H29N3O11. The highest BCUT2D eigenvalue weighted by Gasteiger charge is 2.41. The number of anilines is 1. The number of carboxylic acid groups (broad SMARTS) is 1. The average Bonchev–Trinajstić information content (AvgIpc) is 3.12. The van der Waals surface area contributed by atoms with Gasteiger partial charge in [0.15, 0.2) is 0 Å². The first kappa shape index (κ1) is 34.2. The van der Waals surface area contributed by atoms with Gasteiger partial charge >= 0.3 is 17.9 Å². The van der Waals surface area contributed by atoms with Gasteiger partial charge in [0.25, 0.3) is 17.7 Å². The van der Waals surface area contributed by atoms with Crippen molar-refractivity contribution in [1.82, 2.24) is 10.9 Å². The minimum Gasteiger partial charge on any atom is -0.497 e. The Morgan fingerprint density at radius 3 is 1.58 bits per heavy atom. The number of methoxy groups -OCH3 is 2. The molecule has 48 heavy (non-hydrogen) atoms. The number of esters is 2. The number of carbonyl (C=O) groups is 6. The number of carboxylic acids is 1. The van der Waals surface area contributed by atoms with E-state index in [2.05, 4.69) is 10.7 Å². The first-order chi connectivity index (χ1) is 23.1. The van der Waals surface area contributed by atoms with Gasteiger partial charge in [-0.05, 0) is 72.8 Å². The van der Waals surface area contributed by atoms with Gasteiger partial charge in [0, 0.05) is 16.8 Å². The van der Waals surface area contributed by atoms with Crippen LogP contribution in [-0.4, -0.2) is 67.2 Å². The molecule has 0 aromatic heterocycles. The van der Waals surface area contributed by atoms with Gasteiger partial charge in [-0.2, -0.15) is 0 Å². The molecule has 2 atom stereocenters. The van der Waals surface area contributed by atoms with E-state index in [1.165, 1.54) is 87.0 Å². The van der Waals surface area contributed by atoms with Gasteiger partial charge in [0.05, 0.1) is 25.3 Å². The van der Waals surface area contributed by atoms with Crippen LogP contribution in [0.5, 0.6) is 11.5 Å². The van der Waals surface area contributed by atoms with E-state index < -0.39 is 41.9 Å². The van der Waals surface area contributed by atoms with Crippen LogP contribution >= 0.6 is 0 Å². The Morgan fingerprint density at radius 1 is 0.562 bits per heavy atom. The summed E-state index contributed by atoms with van der Waals surface area (Å²) in [6.07, 6.45) is -4.64. The highest BCUT2D eigenvalue weighted by Crippen LogP contribution is 2.19. The van der Waals surface area contributed by atoms with Crippen LogP contribution in [0.25, 0.3) is 0 Å². The van der Waals surface area contributed by atoms with Gasteiger partial charge in [-0.25, -0.2) is 14.4 Å². The number of amides is 3. The molecule has 14 heteroatoms. The summed E-state index contributed by atoms with van der Waals surface area (Å²) in [5, 5.41) is 12.6. The Morgan fingerprint density at radius 2 is 1.06 bits per heavy atom. The van der Waals surface area contributed by atoms with E-state index in [1.807, 2.05) is 5.43 Å². The molecule has 0 aliphatic rings. The first-order valence-corrected chi connectivity index (χ1v) is 14.1. The molecule has 4 N–H and O–H groups in total. The molecule has 0 spiro atoms. The maximum atomic E-state index is 13.3. The molecule has 4 rings (SSSR count). The fraction of sp³-hybridized carbons (Fsp3) is 0.118. The number of ether oxygens (including phenoxy) is 4. The second-order valence-electron chi connectivity index (χ2n) is 9.79. The Bertz CT molecular complexity index is 1810. The fourth-order valence-corrected chi connectivity index (χ4v) is 4.12. The summed E-state index contributed by atoms with van der Waals surface area (Å²) in [5.41, 5.74) is 4.74. The molecule has 0 bridgehead atoms. The third kappa shape index (κ3) is 8.94. The van der Waals surface area contributed by atoms with Gasteiger partial charge in [0.2, 0.25) is 12.2 Å². The molecule has 4 aromatic carbocycles. The molecule has 14 nitrogen and oxygen atoms in total. The number of rotatable bonds is 12. The van der Waals surface area contributed by atoms with Crippen LogP contribution in [0.15, 0.2) is 103 Å². The van der Waals surface area contributed by atoms with Gasteiger partial charge in [-0.1, -0.05) is 30.3 Å². The second-order valence-corrected chi connectivity index (χ2v) is 9.79. The number of hydrazine groups is 1. The lowest BCUT2D eigenvalue weighted by Gasteiger charge is -2.23. The van der Waals surface area contributed by atoms with Crippen LogP contribution in [0.3, 0.4) is 0 Å². The fourth-order valence-electron chi connectivity index (χ4n) is 4.12. The van der Waals surface area contributed by atoms with Crippen molar-refractivity contribution in [3.8, 4) is 11.5 Å². The summed E-state index contributed by atoms with van der Waals surface area (Å²) < 4.78 is 20.5. The minimum absolute atomic E-state index is 0.0390. The van der Waals surface area contributed by atoms with E-state index in [0.29, 0.717) is 11.3 Å². The number of benzene rings is 4. The molecule has 4 aromatic rings. The molecule has 0 unspecified atom stereocenters. The highest BCUT2D eigenvalue weighted by molar-refractivity contribution is 6.04. The molecule has 246 valence electrons. The van der Waals surface area contributed by atoms with Crippen LogP contribution in [0.2, 0.25) is 0 Å². The van der Waals surface area contributed by atoms with Gasteiger partial charge < -0.3 is 29.4 Å². The molecule has 0 saturated heterocycles. The van der Waals surface area contributed by atoms with E-state index in [9.17, 15) is 33.9 Å².